The molecule has 0 heterocycles. The molecule has 0 aliphatic heterocycles. The van der Waals surface area contributed by atoms with Gasteiger partial charge in [0.05, 0.1) is 5.19 Å². The zero-order valence-corrected chi connectivity index (χ0v) is 15.8. The summed E-state index contributed by atoms with van der Waals surface area (Å²) in [4.78, 5) is 35.7. The van der Waals surface area contributed by atoms with Crippen molar-refractivity contribution in [3.8, 4) is 0 Å². The molecular formula is C18H20O7Si. The minimum absolute atomic E-state index is 0.305. The van der Waals surface area contributed by atoms with Gasteiger partial charge in [0.15, 0.2) is 0 Å². The van der Waals surface area contributed by atoms with Gasteiger partial charge in [0.1, 0.15) is 6.61 Å². The van der Waals surface area contributed by atoms with Crippen molar-refractivity contribution in [2.75, 3.05) is 13.2 Å². The summed E-state index contributed by atoms with van der Waals surface area (Å²) in [7, 11) is -4.20. The summed E-state index contributed by atoms with van der Waals surface area (Å²) in [6.07, 6.45) is 0. The minimum atomic E-state index is -4.20. The summed E-state index contributed by atoms with van der Waals surface area (Å²) in [5, 5.41) is 1.83. The van der Waals surface area contributed by atoms with Gasteiger partial charge in [-0.15, -0.1) is 0 Å². The van der Waals surface area contributed by atoms with Crippen molar-refractivity contribution in [2.24, 2.45) is 0 Å². The molecule has 0 amide bonds. The van der Waals surface area contributed by atoms with Gasteiger partial charge in [0.2, 0.25) is 0 Å². The maximum atomic E-state index is 12.2. The molecule has 138 valence electrons. The summed E-state index contributed by atoms with van der Waals surface area (Å²) >= 11 is 0. The standard InChI is InChI=1S/C18H20O7Si/c1-4-22-12-18(21)25-26(23-13(2)19,24-14(3)20)17-11-7-9-15-8-5-6-10-16(15)17/h5-11H,4,12H2,1-3H3. The zero-order chi connectivity index (χ0) is 19.2. The van der Waals surface area contributed by atoms with E-state index >= 15 is 0 Å². The second kappa shape index (κ2) is 8.59. The minimum Gasteiger partial charge on any atom is -0.452 e. The second-order valence-electron chi connectivity index (χ2n) is 5.38. The van der Waals surface area contributed by atoms with Gasteiger partial charge < -0.3 is 18.0 Å². The summed E-state index contributed by atoms with van der Waals surface area (Å²) in [6, 6.07) is 12.4. The highest BCUT2D eigenvalue weighted by Crippen LogP contribution is 2.19. The third kappa shape index (κ3) is 4.68. The normalized spacial score (nSPS) is 11.0. The predicted octanol–water partition coefficient (Wildman–Crippen LogP) is 1.69. The lowest BCUT2D eigenvalue weighted by molar-refractivity contribution is -0.150. The van der Waals surface area contributed by atoms with Gasteiger partial charge in [0.25, 0.3) is 11.9 Å². The Morgan fingerprint density at radius 3 is 2.12 bits per heavy atom. The van der Waals surface area contributed by atoms with E-state index < -0.39 is 26.7 Å². The molecule has 7 nitrogen and oxygen atoms in total. The number of benzene rings is 2. The fourth-order valence-corrected chi connectivity index (χ4v) is 4.89. The number of rotatable bonds is 7. The van der Waals surface area contributed by atoms with Crippen LogP contribution in [-0.2, 0) is 32.4 Å². The summed E-state index contributed by atoms with van der Waals surface area (Å²) < 4.78 is 21.2. The molecule has 2 rings (SSSR count). The third-order valence-corrected chi connectivity index (χ3v) is 6.05. The smallest absolute Gasteiger partial charge is 0.452 e. The van der Waals surface area contributed by atoms with Gasteiger partial charge in [-0.05, 0) is 17.7 Å². The zero-order valence-electron chi connectivity index (χ0n) is 14.8. The molecule has 0 spiro atoms. The van der Waals surface area contributed by atoms with Crippen LogP contribution < -0.4 is 5.19 Å². The first-order valence-electron chi connectivity index (χ1n) is 8.05. The molecule has 0 aliphatic rings. The molecule has 0 saturated carbocycles. The number of hydrogen-bond acceptors (Lipinski definition) is 7. The lowest BCUT2D eigenvalue weighted by Gasteiger charge is -2.27. The number of carbonyl (C=O) groups is 3. The highest BCUT2D eigenvalue weighted by atomic mass is 28.4. The molecular weight excluding hydrogens is 356 g/mol. The Bertz CT molecular complexity index is 797. The molecule has 0 aliphatic carbocycles. The Labute approximate surface area is 152 Å². The molecule has 0 radical (unpaired) electrons. The van der Waals surface area contributed by atoms with Gasteiger partial charge in [-0.1, -0.05) is 42.5 Å². The molecule has 8 heteroatoms. The Morgan fingerprint density at radius 2 is 1.50 bits per heavy atom. The van der Waals surface area contributed by atoms with Crippen LogP contribution in [0.4, 0.5) is 0 Å². The molecule has 0 N–H and O–H groups in total. The number of hydrogen-bond donors (Lipinski definition) is 0. The van der Waals surface area contributed by atoms with E-state index in [9.17, 15) is 14.4 Å². The molecule has 26 heavy (non-hydrogen) atoms. The van der Waals surface area contributed by atoms with E-state index in [-0.39, 0.29) is 6.61 Å². The fraction of sp³-hybridized carbons (Fsp3) is 0.278. The molecule has 0 saturated heterocycles. The van der Waals surface area contributed by atoms with Crippen molar-refractivity contribution in [3.63, 3.8) is 0 Å². The van der Waals surface area contributed by atoms with Crippen molar-refractivity contribution in [2.45, 2.75) is 20.8 Å². The average molecular weight is 376 g/mol. The van der Waals surface area contributed by atoms with E-state index in [0.29, 0.717) is 17.2 Å². The van der Waals surface area contributed by atoms with Crippen LogP contribution in [0.15, 0.2) is 42.5 Å². The topological polar surface area (TPSA) is 88.1 Å². The second-order valence-corrected chi connectivity index (χ2v) is 7.64. The summed E-state index contributed by atoms with van der Waals surface area (Å²) in [5.74, 6) is -2.24. The Morgan fingerprint density at radius 1 is 0.885 bits per heavy atom. The van der Waals surface area contributed by atoms with Gasteiger partial charge in [0, 0.05) is 20.5 Å². The van der Waals surface area contributed by atoms with Crippen molar-refractivity contribution in [3.05, 3.63) is 42.5 Å². The van der Waals surface area contributed by atoms with E-state index in [1.54, 1.807) is 31.2 Å². The van der Waals surface area contributed by atoms with E-state index in [4.69, 9.17) is 18.0 Å². The van der Waals surface area contributed by atoms with Crippen molar-refractivity contribution in [1.82, 2.24) is 0 Å². The molecule has 2 aromatic rings. The Hall–Kier alpha value is -2.71. The van der Waals surface area contributed by atoms with E-state index in [2.05, 4.69) is 0 Å². The highest BCUT2D eigenvalue weighted by molar-refractivity contribution is 6.81. The van der Waals surface area contributed by atoms with Crippen LogP contribution in [0.1, 0.15) is 20.8 Å². The van der Waals surface area contributed by atoms with Crippen LogP contribution in [0.5, 0.6) is 0 Å². The van der Waals surface area contributed by atoms with Crippen LogP contribution in [0.25, 0.3) is 10.8 Å². The van der Waals surface area contributed by atoms with Crippen LogP contribution >= 0.6 is 0 Å². The summed E-state index contributed by atoms with van der Waals surface area (Å²) in [6.45, 7) is 4.00. The fourth-order valence-electron chi connectivity index (χ4n) is 2.46. The first-order valence-corrected chi connectivity index (χ1v) is 9.77. The van der Waals surface area contributed by atoms with Crippen LogP contribution in [0.2, 0.25) is 0 Å². The number of carbonyl (C=O) groups excluding carboxylic acids is 3. The van der Waals surface area contributed by atoms with E-state index in [0.717, 1.165) is 19.2 Å². The molecule has 0 unspecified atom stereocenters. The Kier molecular flexibility index (Phi) is 6.48. The molecule has 0 aromatic heterocycles. The quantitative estimate of drug-likeness (QED) is 0.680. The van der Waals surface area contributed by atoms with Gasteiger partial charge in [-0.3, -0.25) is 14.4 Å². The van der Waals surface area contributed by atoms with Crippen LogP contribution in [-0.4, -0.2) is 39.9 Å². The Balaban J connectivity index is 2.61. The monoisotopic (exact) mass is 376 g/mol. The predicted molar refractivity (Wildman–Crippen MR) is 95.5 cm³/mol. The first-order chi connectivity index (χ1) is 12.4. The summed E-state index contributed by atoms with van der Waals surface area (Å²) in [5.41, 5.74) is 0. The lowest BCUT2D eigenvalue weighted by Crippen LogP contribution is -2.60. The molecule has 0 atom stereocenters. The molecule has 2 aromatic carbocycles. The van der Waals surface area contributed by atoms with E-state index in [1.807, 2.05) is 18.2 Å². The maximum absolute atomic E-state index is 12.2. The molecule has 0 bridgehead atoms. The number of ether oxygens (including phenoxy) is 1. The van der Waals surface area contributed by atoms with Gasteiger partial charge in [-0.25, -0.2) is 0 Å². The maximum Gasteiger partial charge on any atom is 0.743 e. The van der Waals surface area contributed by atoms with Crippen LogP contribution in [0, 0.1) is 0 Å². The largest absolute Gasteiger partial charge is 0.743 e. The molecule has 0 fully saturated rings. The van der Waals surface area contributed by atoms with Crippen molar-refractivity contribution < 1.29 is 32.4 Å². The van der Waals surface area contributed by atoms with Crippen molar-refractivity contribution in [1.29, 1.82) is 0 Å². The highest BCUT2D eigenvalue weighted by Gasteiger charge is 2.56. The first kappa shape index (κ1) is 19.6. The average Bonchev–Trinajstić information content (AvgIpc) is 2.58. The van der Waals surface area contributed by atoms with Gasteiger partial charge in [-0.2, -0.15) is 0 Å². The van der Waals surface area contributed by atoms with Gasteiger partial charge >= 0.3 is 14.8 Å². The van der Waals surface area contributed by atoms with E-state index in [1.165, 1.54) is 0 Å². The number of fused-ring (bicyclic) bond motifs is 1. The van der Waals surface area contributed by atoms with Crippen molar-refractivity contribution >= 4 is 42.7 Å². The SMILES string of the molecule is CCOCC(=O)O[Si](OC(C)=O)(OC(C)=O)c1cccc2ccccc12. The lowest BCUT2D eigenvalue weighted by atomic mass is 10.1. The third-order valence-electron chi connectivity index (χ3n) is 3.35. The van der Waals surface area contributed by atoms with Crippen LogP contribution in [0.3, 0.4) is 0 Å².